The fourth-order valence-electron chi connectivity index (χ4n) is 4.55. The number of hydrogen-bond donors (Lipinski definition) is 1. The van der Waals surface area contributed by atoms with E-state index in [-0.39, 0.29) is 11.8 Å². The second-order valence-corrected chi connectivity index (χ2v) is 8.76. The highest BCUT2D eigenvalue weighted by molar-refractivity contribution is 5.97. The highest BCUT2D eigenvalue weighted by Crippen LogP contribution is 2.37. The van der Waals surface area contributed by atoms with Crippen LogP contribution in [0.15, 0.2) is 48.5 Å². The fraction of sp³-hybridized carbons (Fsp3) is 0.458. The number of benzene rings is 2. The van der Waals surface area contributed by atoms with Crippen LogP contribution in [0.4, 0.5) is 26.2 Å². The first-order valence-corrected chi connectivity index (χ1v) is 10.9. The molecule has 0 radical (unpaired) electrons. The molecule has 2 aromatic rings. The van der Waals surface area contributed by atoms with E-state index in [1.54, 1.807) is 12.1 Å². The Morgan fingerprint density at radius 2 is 1.80 bits per heavy atom. The summed E-state index contributed by atoms with van der Waals surface area (Å²) in [7, 11) is 0. The summed E-state index contributed by atoms with van der Waals surface area (Å²) in [6.07, 6.45) is 1.14. The van der Waals surface area contributed by atoms with Gasteiger partial charge in [-0.2, -0.15) is 0 Å². The minimum atomic E-state index is -0.246. The van der Waals surface area contributed by atoms with Gasteiger partial charge in [0.25, 0.3) is 0 Å². The molecule has 1 atom stereocenters. The molecule has 5 nitrogen and oxygen atoms in total. The number of amides is 2. The number of rotatable bonds is 5. The summed E-state index contributed by atoms with van der Waals surface area (Å²) in [6, 6.07) is 14.4. The topological polar surface area (TPSA) is 38.8 Å². The maximum Gasteiger partial charge on any atom is 0.322 e. The van der Waals surface area contributed by atoms with Crippen LogP contribution in [0.1, 0.15) is 20.3 Å². The van der Waals surface area contributed by atoms with Crippen LogP contribution in [0.2, 0.25) is 0 Å². The van der Waals surface area contributed by atoms with Gasteiger partial charge in [0.05, 0.1) is 11.4 Å². The molecule has 4 rings (SSSR count). The van der Waals surface area contributed by atoms with Crippen LogP contribution in [0, 0.1) is 17.7 Å². The molecule has 2 amide bonds. The largest absolute Gasteiger partial charge is 0.338 e. The van der Waals surface area contributed by atoms with E-state index in [2.05, 4.69) is 29.0 Å². The SMILES string of the molecule is CC(C)CN1CC[C@@H](CNC(=O)N2CCN(c3ccc(F)cc3)c3ccccc32)C1. The molecular formula is C24H31FN4O. The third-order valence-corrected chi connectivity index (χ3v) is 5.93. The van der Waals surface area contributed by atoms with Gasteiger partial charge in [0.1, 0.15) is 5.82 Å². The first kappa shape index (κ1) is 20.7. The Labute approximate surface area is 178 Å². The van der Waals surface area contributed by atoms with Crippen LogP contribution in [0.3, 0.4) is 0 Å². The van der Waals surface area contributed by atoms with E-state index in [9.17, 15) is 9.18 Å². The van der Waals surface area contributed by atoms with Crippen molar-refractivity contribution in [3.8, 4) is 0 Å². The molecule has 1 saturated heterocycles. The number of nitrogens with one attached hydrogen (secondary N) is 1. The number of urea groups is 1. The van der Waals surface area contributed by atoms with Crippen molar-refractivity contribution in [3.63, 3.8) is 0 Å². The number of hydrogen-bond acceptors (Lipinski definition) is 3. The van der Waals surface area contributed by atoms with E-state index in [0.29, 0.717) is 31.5 Å². The molecular weight excluding hydrogens is 379 g/mol. The van der Waals surface area contributed by atoms with Gasteiger partial charge >= 0.3 is 6.03 Å². The van der Waals surface area contributed by atoms with Gasteiger partial charge in [-0.1, -0.05) is 26.0 Å². The molecule has 0 aromatic heterocycles. The first-order chi connectivity index (χ1) is 14.5. The average Bonchev–Trinajstić information content (AvgIpc) is 3.18. The third-order valence-electron chi connectivity index (χ3n) is 5.93. The summed E-state index contributed by atoms with van der Waals surface area (Å²) < 4.78 is 13.3. The lowest BCUT2D eigenvalue weighted by molar-refractivity contribution is 0.243. The van der Waals surface area contributed by atoms with Crippen molar-refractivity contribution in [2.45, 2.75) is 20.3 Å². The maximum absolute atomic E-state index is 13.3. The molecule has 2 heterocycles. The van der Waals surface area contributed by atoms with Gasteiger partial charge in [-0.3, -0.25) is 4.90 Å². The minimum Gasteiger partial charge on any atom is -0.338 e. The van der Waals surface area contributed by atoms with Crippen molar-refractivity contribution in [1.29, 1.82) is 0 Å². The van der Waals surface area contributed by atoms with Crippen LogP contribution in [0.25, 0.3) is 0 Å². The van der Waals surface area contributed by atoms with E-state index in [0.717, 1.165) is 43.1 Å². The first-order valence-electron chi connectivity index (χ1n) is 10.9. The highest BCUT2D eigenvalue weighted by Gasteiger charge is 2.29. The van der Waals surface area contributed by atoms with Gasteiger partial charge < -0.3 is 15.1 Å². The second-order valence-electron chi connectivity index (χ2n) is 8.76. The van der Waals surface area contributed by atoms with Crippen LogP contribution in [-0.2, 0) is 0 Å². The molecule has 6 heteroatoms. The smallest absolute Gasteiger partial charge is 0.322 e. The number of fused-ring (bicyclic) bond motifs is 1. The van der Waals surface area contributed by atoms with E-state index < -0.39 is 0 Å². The minimum absolute atomic E-state index is 0.0384. The van der Waals surface area contributed by atoms with E-state index >= 15 is 0 Å². The standard InChI is InChI=1S/C24H31FN4O/c1-18(2)16-27-12-11-19(17-27)15-26-24(30)29-14-13-28(21-9-7-20(25)8-10-21)22-5-3-4-6-23(22)29/h3-10,18-19H,11-17H2,1-2H3,(H,26,30)/t19-/m0/s1. The van der Waals surface area contributed by atoms with Gasteiger partial charge in [-0.05, 0) is 61.2 Å². The molecule has 30 heavy (non-hydrogen) atoms. The number of anilines is 3. The Balaban J connectivity index is 1.41. The Morgan fingerprint density at radius 3 is 2.53 bits per heavy atom. The number of halogens is 1. The van der Waals surface area contributed by atoms with Crippen molar-refractivity contribution in [1.82, 2.24) is 10.2 Å². The molecule has 160 valence electrons. The van der Waals surface area contributed by atoms with Crippen LogP contribution < -0.4 is 15.1 Å². The van der Waals surface area contributed by atoms with Crippen molar-refractivity contribution in [2.24, 2.45) is 11.8 Å². The van der Waals surface area contributed by atoms with Crippen molar-refractivity contribution >= 4 is 23.1 Å². The number of nitrogens with zero attached hydrogens (tertiary/aromatic N) is 3. The predicted molar refractivity (Wildman–Crippen MR) is 120 cm³/mol. The van der Waals surface area contributed by atoms with Crippen LogP contribution in [0.5, 0.6) is 0 Å². The van der Waals surface area contributed by atoms with Crippen molar-refractivity contribution in [3.05, 3.63) is 54.3 Å². The zero-order valence-corrected chi connectivity index (χ0v) is 17.9. The summed E-state index contributed by atoms with van der Waals surface area (Å²) in [6.45, 7) is 9.78. The number of carbonyl (C=O) groups excluding carboxylic acids is 1. The number of likely N-dealkylation sites (tertiary alicyclic amines) is 1. The molecule has 0 unspecified atom stereocenters. The van der Waals surface area contributed by atoms with Gasteiger partial charge in [0.2, 0.25) is 0 Å². The summed E-state index contributed by atoms with van der Waals surface area (Å²) in [5.41, 5.74) is 2.79. The predicted octanol–water partition coefficient (Wildman–Crippen LogP) is 4.47. The lowest BCUT2D eigenvalue weighted by Crippen LogP contribution is -2.48. The Bertz CT molecular complexity index is 870. The fourth-order valence-corrected chi connectivity index (χ4v) is 4.55. The molecule has 1 fully saturated rings. The summed E-state index contributed by atoms with van der Waals surface area (Å²) >= 11 is 0. The molecule has 2 aliphatic heterocycles. The van der Waals surface area contributed by atoms with Crippen molar-refractivity contribution in [2.75, 3.05) is 49.1 Å². The summed E-state index contributed by atoms with van der Waals surface area (Å²) in [5.74, 6) is 0.944. The van der Waals surface area contributed by atoms with E-state index in [1.807, 2.05) is 29.2 Å². The average molecular weight is 411 g/mol. The van der Waals surface area contributed by atoms with E-state index in [4.69, 9.17) is 0 Å². The normalized spacial score (nSPS) is 19.3. The lowest BCUT2D eigenvalue weighted by atomic mass is 10.1. The summed E-state index contributed by atoms with van der Waals surface area (Å²) in [4.78, 5) is 19.5. The maximum atomic E-state index is 13.3. The molecule has 0 spiro atoms. The molecule has 2 aromatic carbocycles. The van der Waals surface area contributed by atoms with Crippen molar-refractivity contribution < 1.29 is 9.18 Å². The number of para-hydroxylation sites is 2. The zero-order valence-electron chi connectivity index (χ0n) is 17.9. The zero-order chi connectivity index (χ0) is 21.1. The molecule has 0 saturated carbocycles. The molecule has 2 aliphatic rings. The molecule has 1 N–H and O–H groups in total. The number of carbonyl (C=O) groups is 1. The summed E-state index contributed by atoms with van der Waals surface area (Å²) in [5, 5.41) is 3.16. The molecule has 0 bridgehead atoms. The monoisotopic (exact) mass is 410 g/mol. The Hall–Kier alpha value is -2.60. The van der Waals surface area contributed by atoms with E-state index in [1.165, 1.54) is 12.1 Å². The molecule has 0 aliphatic carbocycles. The quantitative estimate of drug-likeness (QED) is 0.790. The van der Waals surface area contributed by atoms with Gasteiger partial charge in [0, 0.05) is 38.4 Å². The van der Waals surface area contributed by atoms with Crippen LogP contribution >= 0.6 is 0 Å². The van der Waals surface area contributed by atoms with Crippen LogP contribution in [-0.4, -0.2) is 50.2 Å². The lowest BCUT2D eigenvalue weighted by Gasteiger charge is -2.37. The Kier molecular flexibility index (Phi) is 6.23. The van der Waals surface area contributed by atoms with Gasteiger partial charge in [-0.15, -0.1) is 0 Å². The third kappa shape index (κ3) is 4.59. The highest BCUT2D eigenvalue weighted by atomic mass is 19.1. The second kappa shape index (κ2) is 9.04. The Morgan fingerprint density at radius 1 is 1.07 bits per heavy atom. The van der Waals surface area contributed by atoms with Gasteiger partial charge in [0.15, 0.2) is 0 Å². The van der Waals surface area contributed by atoms with Gasteiger partial charge in [-0.25, -0.2) is 9.18 Å².